The van der Waals surface area contributed by atoms with E-state index in [1.807, 2.05) is 0 Å². The van der Waals surface area contributed by atoms with Gasteiger partial charge in [-0.15, -0.1) is 11.8 Å². The molecule has 1 aromatic rings. The summed E-state index contributed by atoms with van der Waals surface area (Å²) in [4.78, 5) is 40.5. The fraction of sp³-hybridized carbons (Fsp3) is 0.526. The summed E-state index contributed by atoms with van der Waals surface area (Å²) in [6.45, 7) is -0.188. The third-order valence-electron chi connectivity index (χ3n) is 6.07. The quantitative estimate of drug-likeness (QED) is 0.659. The van der Waals surface area contributed by atoms with Gasteiger partial charge >= 0.3 is 0 Å². The molecule has 1 spiro atoms. The molecule has 3 aliphatic heterocycles. The molecule has 9 heteroatoms. The molecule has 0 aromatic heterocycles. The summed E-state index contributed by atoms with van der Waals surface area (Å²) >= 11 is 7.77. The van der Waals surface area contributed by atoms with Crippen LogP contribution in [-0.4, -0.2) is 64.0 Å². The summed E-state index contributed by atoms with van der Waals surface area (Å²) < 4.78 is -0.653. The number of β-amino-alcohol motifs (C(OH)–C–C–N with tert-alkyl or cyclic N) is 1. The van der Waals surface area contributed by atoms with Gasteiger partial charge in [-0.2, -0.15) is 0 Å². The summed E-state index contributed by atoms with van der Waals surface area (Å²) in [7, 11) is 1.57. The number of likely N-dealkylation sites (tertiary alicyclic amines) is 1. The highest BCUT2D eigenvalue weighted by molar-refractivity contribution is 8.02. The number of fused-ring (bicyclic) bond motifs is 1. The van der Waals surface area contributed by atoms with Gasteiger partial charge in [-0.3, -0.25) is 14.4 Å². The first-order valence-corrected chi connectivity index (χ1v) is 10.6. The van der Waals surface area contributed by atoms with Crippen molar-refractivity contribution in [2.24, 2.45) is 11.8 Å². The first kappa shape index (κ1) is 19.5. The van der Waals surface area contributed by atoms with Crippen LogP contribution in [0.5, 0.6) is 0 Å². The molecule has 3 amide bonds. The molecule has 1 aromatic carbocycles. The van der Waals surface area contributed by atoms with E-state index in [4.69, 9.17) is 11.6 Å². The fourth-order valence-electron chi connectivity index (χ4n) is 5.03. The number of halogens is 1. The lowest BCUT2D eigenvalue weighted by atomic mass is 9.71. The van der Waals surface area contributed by atoms with Crippen LogP contribution in [0.4, 0.5) is 5.69 Å². The molecule has 2 unspecified atom stereocenters. The van der Waals surface area contributed by atoms with Gasteiger partial charge in [0.2, 0.25) is 17.7 Å². The maximum atomic E-state index is 13.3. The van der Waals surface area contributed by atoms with Gasteiger partial charge in [-0.1, -0.05) is 23.7 Å². The van der Waals surface area contributed by atoms with E-state index in [-0.39, 0.29) is 36.1 Å². The third kappa shape index (κ3) is 2.73. The molecule has 0 saturated carbocycles. The van der Waals surface area contributed by atoms with Crippen LogP contribution in [0.25, 0.3) is 0 Å². The number of anilines is 1. The lowest BCUT2D eigenvalue weighted by Crippen LogP contribution is -2.52. The number of nitrogens with zero attached hydrogens (tertiary/aromatic N) is 1. The van der Waals surface area contributed by atoms with Crippen molar-refractivity contribution >= 4 is 46.8 Å². The summed E-state index contributed by atoms with van der Waals surface area (Å²) in [5, 5.41) is 15.5. The third-order valence-corrected chi connectivity index (χ3v) is 8.35. The van der Waals surface area contributed by atoms with Crippen LogP contribution in [0.15, 0.2) is 24.3 Å². The number of nitrogens with one attached hydrogen (secondary N) is 2. The van der Waals surface area contributed by atoms with E-state index in [0.717, 1.165) is 6.42 Å². The molecule has 3 saturated heterocycles. The number of para-hydroxylation sites is 1. The molecular formula is C19H22ClN3O4S. The predicted octanol–water partition coefficient (Wildman–Crippen LogP) is 1.11. The number of carbonyl (C=O) groups is 3. The molecule has 0 aliphatic carbocycles. The Kier molecular flexibility index (Phi) is 5.05. The molecule has 3 heterocycles. The number of carbonyl (C=O) groups excluding carboxylic acids is 3. The Labute approximate surface area is 172 Å². The molecule has 28 heavy (non-hydrogen) atoms. The zero-order valence-corrected chi connectivity index (χ0v) is 16.9. The van der Waals surface area contributed by atoms with Crippen molar-refractivity contribution in [3.8, 4) is 0 Å². The Hall–Kier alpha value is -1.77. The predicted molar refractivity (Wildman–Crippen MR) is 107 cm³/mol. The number of hydrogen-bond acceptors (Lipinski definition) is 5. The van der Waals surface area contributed by atoms with E-state index < -0.39 is 22.6 Å². The highest BCUT2D eigenvalue weighted by Gasteiger charge is 2.73. The molecule has 3 fully saturated rings. The number of aliphatic hydroxyl groups excluding tert-OH is 1. The second-order valence-electron chi connectivity index (χ2n) is 7.39. The standard InChI is InChI=1S/C19H22ClN3O4S/c1-21-16(25)13-12-6-7-19(28-12)14(13)18(27)23(8-9-24)15(19)17(26)22-11-5-3-2-4-10(11)20/h2-5,12-15,24H,6-9H2,1H3,(H,21,25)(H,22,26)/t12-,13+,14-,15?,19?/m0/s1. The van der Waals surface area contributed by atoms with Gasteiger partial charge < -0.3 is 20.6 Å². The van der Waals surface area contributed by atoms with Crippen LogP contribution in [0.3, 0.4) is 0 Å². The molecule has 4 rings (SSSR count). The number of rotatable bonds is 5. The summed E-state index contributed by atoms with van der Waals surface area (Å²) in [5.74, 6) is -1.71. The second-order valence-corrected chi connectivity index (χ2v) is 9.40. The van der Waals surface area contributed by atoms with E-state index in [1.54, 1.807) is 43.1 Å². The highest BCUT2D eigenvalue weighted by atomic mass is 35.5. The minimum absolute atomic E-state index is 0.0285. The molecule has 3 aliphatic rings. The Morgan fingerprint density at radius 1 is 1.36 bits per heavy atom. The zero-order valence-electron chi connectivity index (χ0n) is 15.4. The fourth-order valence-corrected chi connectivity index (χ4v) is 7.43. The van der Waals surface area contributed by atoms with Gasteiger partial charge in [0.15, 0.2) is 0 Å². The van der Waals surface area contributed by atoms with Crippen molar-refractivity contribution < 1.29 is 19.5 Å². The SMILES string of the molecule is CNC(=O)[C@@H]1[C@@H]2CCC3(S2)C(C(=O)Nc2ccccc2Cl)N(CCO)C(=O)[C@H]13. The van der Waals surface area contributed by atoms with Crippen LogP contribution in [0, 0.1) is 11.8 Å². The summed E-state index contributed by atoms with van der Waals surface area (Å²) in [6, 6.07) is 6.17. The second kappa shape index (κ2) is 7.24. The maximum absolute atomic E-state index is 13.3. The van der Waals surface area contributed by atoms with Crippen LogP contribution in [0.1, 0.15) is 12.8 Å². The minimum Gasteiger partial charge on any atom is -0.395 e. The lowest BCUT2D eigenvalue weighted by Gasteiger charge is -2.34. The smallest absolute Gasteiger partial charge is 0.248 e. The van der Waals surface area contributed by atoms with Crippen molar-refractivity contribution in [3.63, 3.8) is 0 Å². The van der Waals surface area contributed by atoms with Crippen LogP contribution >= 0.6 is 23.4 Å². The average Bonchev–Trinajstić information content (AvgIpc) is 3.31. The Morgan fingerprint density at radius 2 is 2.11 bits per heavy atom. The Morgan fingerprint density at radius 3 is 2.79 bits per heavy atom. The largest absolute Gasteiger partial charge is 0.395 e. The van der Waals surface area contributed by atoms with E-state index >= 15 is 0 Å². The average molecular weight is 424 g/mol. The van der Waals surface area contributed by atoms with E-state index in [2.05, 4.69) is 10.6 Å². The van der Waals surface area contributed by atoms with Crippen molar-refractivity contribution in [1.82, 2.24) is 10.2 Å². The van der Waals surface area contributed by atoms with Crippen molar-refractivity contribution in [2.45, 2.75) is 28.9 Å². The number of hydrogen-bond donors (Lipinski definition) is 3. The molecule has 2 bridgehead atoms. The van der Waals surface area contributed by atoms with Gasteiger partial charge in [-0.25, -0.2) is 0 Å². The first-order chi connectivity index (χ1) is 13.4. The lowest BCUT2D eigenvalue weighted by molar-refractivity contribution is -0.139. The van der Waals surface area contributed by atoms with E-state index in [0.29, 0.717) is 17.1 Å². The first-order valence-electron chi connectivity index (χ1n) is 9.30. The van der Waals surface area contributed by atoms with Crippen molar-refractivity contribution in [2.75, 3.05) is 25.5 Å². The monoisotopic (exact) mass is 423 g/mol. The number of benzene rings is 1. The molecule has 3 N–H and O–H groups in total. The highest BCUT2D eigenvalue weighted by Crippen LogP contribution is 2.66. The van der Waals surface area contributed by atoms with E-state index in [9.17, 15) is 19.5 Å². The number of aliphatic hydroxyl groups is 1. The molecule has 0 radical (unpaired) electrons. The molecular weight excluding hydrogens is 402 g/mol. The minimum atomic E-state index is -0.752. The number of amides is 3. The normalized spacial score (nSPS) is 33.1. The Balaban J connectivity index is 1.71. The van der Waals surface area contributed by atoms with Gasteiger partial charge in [-0.05, 0) is 25.0 Å². The van der Waals surface area contributed by atoms with Gasteiger partial charge in [0.05, 0.1) is 33.9 Å². The zero-order chi connectivity index (χ0) is 20.1. The Bertz CT molecular complexity index is 837. The van der Waals surface area contributed by atoms with Crippen molar-refractivity contribution in [1.29, 1.82) is 0 Å². The van der Waals surface area contributed by atoms with Crippen molar-refractivity contribution in [3.05, 3.63) is 29.3 Å². The van der Waals surface area contributed by atoms with E-state index in [1.165, 1.54) is 4.90 Å². The number of thioether (sulfide) groups is 1. The van der Waals surface area contributed by atoms with Gasteiger partial charge in [0.25, 0.3) is 0 Å². The topological polar surface area (TPSA) is 98.7 Å². The molecule has 150 valence electrons. The van der Waals surface area contributed by atoms with Crippen LogP contribution in [-0.2, 0) is 14.4 Å². The molecule has 7 nitrogen and oxygen atoms in total. The van der Waals surface area contributed by atoms with Crippen LogP contribution in [0.2, 0.25) is 5.02 Å². The van der Waals surface area contributed by atoms with Gasteiger partial charge in [0, 0.05) is 18.8 Å². The summed E-state index contributed by atoms with van der Waals surface area (Å²) in [6.07, 6.45) is 1.48. The van der Waals surface area contributed by atoms with Gasteiger partial charge in [0.1, 0.15) is 6.04 Å². The maximum Gasteiger partial charge on any atom is 0.248 e. The van der Waals surface area contributed by atoms with Crippen LogP contribution < -0.4 is 10.6 Å². The summed E-state index contributed by atoms with van der Waals surface area (Å²) in [5.41, 5.74) is 0.478. The molecule has 5 atom stereocenters.